The van der Waals surface area contributed by atoms with E-state index in [-0.39, 0.29) is 36.8 Å². The van der Waals surface area contributed by atoms with Crippen molar-refractivity contribution in [3.8, 4) is 22.6 Å². The average Bonchev–Trinajstić information content (AvgIpc) is 3.81. The number of nitrogens with zero attached hydrogens (tertiary/aromatic N) is 3. The third-order valence-corrected chi connectivity index (χ3v) is 8.90. The van der Waals surface area contributed by atoms with E-state index in [1.54, 1.807) is 65.8 Å². The Kier molecular flexibility index (Phi) is 9.61. The van der Waals surface area contributed by atoms with E-state index in [0.717, 1.165) is 36.2 Å². The van der Waals surface area contributed by atoms with Gasteiger partial charge in [0.25, 0.3) is 11.8 Å². The van der Waals surface area contributed by atoms with Crippen molar-refractivity contribution >= 4 is 40.8 Å². The Labute approximate surface area is 284 Å². The van der Waals surface area contributed by atoms with Gasteiger partial charge < -0.3 is 44.2 Å². The molecule has 1 fully saturated rings. The predicted molar refractivity (Wildman–Crippen MR) is 184 cm³/mol. The van der Waals surface area contributed by atoms with Crippen molar-refractivity contribution in [2.45, 2.75) is 31.7 Å². The minimum absolute atomic E-state index is 0.000766. The molecule has 1 atom stereocenters. The van der Waals surface area contributed by atoms with Crippen molar-refractivity contribution < 1.29 is 33.4 Å². The number of rotatable bonds is 11. The fourth-order valence-corrected chi connectivity index (χ4v) is 6.32. The summed E-state index contributed by atoms with van der Waals surface area (Å²) in [5.41, 5.74) is 4.92. The van der Waals surface area contributed by atoms with Crippen molar-refractivity contribution in [1.29, 1.82) is 0 Å². The van der Waals surface area contributed by atoms with Crippen LogP contribution in [0.3, 0.4) is 0 Å². The molecule has 2 aliphatic heterocycles. The van der Waals surface area contributed by atoms with Crippen molar-refractivity contribution in [2.75, 3.05) is 49.9 Å². The minimum Gasteiger partial charge on any atom is -0.493 e. The number of hydrogen-bond acceptors (Lipinski definition) is 8. The van der Waals surface area contributed by atoms with Crippen molar-refractivity contribution in [2.24, 2.45) is 14.1 Å². The lowest BCUT2D eigenvalue weighted by molar-refractivity contribution is -0.116. The lowest BCUT2D eigenvalue weighted by atomic mass is 10.1. The number of hydrogen-bond donors (Lipinski definition) is 3. The maximum Gasteiger partial charge on any atom is 0.354 e. The quantitative estimate of drug-likeness (QED) is 0.151. The normalized spacial score (nSPS) is 15.1. The first kappa shape index (κ1) is 33.2. The number of amides is 3. The zero-order chi connectivity index (χ0) is 34.7. The monoisotopic (exact) mass is 668 g/mol. The number of anilines is 3. The number of carbonyl (C=O) groups excluding carboxylic acids is 4. The van der Waals surface area contributed by atoms with Crippen LogP contribution in [0.15, 0.2) is 60.9 Å². The Morgan fingerprint density at radius 3 is 2.43 bits per heavy atom. The summed E-state index contributed by atoms with van der Waals surface area (Å²) in [6.45, 7) is 1.72. The van der Waals surface area contributed by atoms with Gasteiger partial charge in [-0.25, -0.2) is 4.79 Å². The Bertz CT molecular complexity index is 1890. The second kappa shape index (κ2) is 14.2. The van der Waals surface area contributed by atoms with Crippen LogP contribution in [0, 0.1) is 0 Å². The van der Waals surface area contributed by atoms with Crippen LogP contribution < -0.4 is 25.4 Å². The Balaban J connectivity index is 0.997. The number of ether oxygens (including phenoxy) is 3. The number of aryl methyl sites for hydroxylation is 2. The zero-order valence-electron chi connectivity index (χ0n) is 28.0. The lowest BCUT2D eigenvalue weighted by Gasteiger charge is -2.21. The van der Waals surface area contributed by atoms with Crippen LogP contribution in [0.4, 0.5) is 17.1 Å². The highest BCUT2D eigenvalue weighted by Gasteiger charge is 2.34. The number of benzene rings is 2. The highest BCUT2D eigenvalue weighted by Crippen LogP contribution is 2.37. The fourth-order valence-electron chi connectivity index (χ4n) is 6.32. The van der Waals surface area contributed by atoms with E-state index in [0.29, 0.717) is 52.8 Å². The second-order valence-electron chi connectivity index (χ2n) is 12.2. The zero-order valence-corrected chi connectivity index (χ0v) is 28.0. The van der Waals surface area contributed by atoms with E-state index in [4.69, 9.17) is 14.2 Å². The first-order valence-corrected chi connectivity index (χ1v) is 16.2. The van der Waals surface area contributed by atoms with Crippen molar-refractivity contribution in [3.05, 3.63) is 77.9 Å². The van der Waals surface area contributed by atoms with E-state index in [2.05, 4.69) is 16.0 Å². The summed E-state index contributed by atoms with van der Waals surface area (Å²) in [4.78, 5) is 52.8. The first-order valence-electron chi connectivity index (χ1n) is 16.2. The standard InChI is InChI=1S/C36H40N6O7/c1-40-20-23(15-30(40)36(46)48-4)22-9-11-24(12-10-22)39-34(44)29-16-25(21-41(29)2)38-33(43)8-6-14-49-32-18-28-27(17-31(32)47-3)35(45)42-13-5-7-26(42)19-37-28/h9-12,15-18,20-21,26,37H,5-8,13-14,19H2,1-4H3,(H,38,43)(H,39,44)/t26-/m0/s1. The first-order chi connectivity index (χ1) is 23.6. The van der Waals surface area contributed by atoms with Gasteiger partial charge in [-0.1, -0.05) is 12.1 Å². The van der Waals surface area contributed by atoms with Gasteiger partial charge in [0.1, 0.15) is 11.4 Å². The van der Waals surface area contributed by atoms with E-state index >= 15 is 0 Å². The molecule has 2 aliphatic rings. The van der Waals surface area contributed by atoms with E-state index < -0.39 is 5.97 Å². The molecule has 0 radical (unpaired) electrons. The summed E-state index contributed by atoms with van der Waals surface area (Å²) < 4.78 is 19.7. The summed E-state index contributed by atoms with van der Waals surface area (Å²) in [5, 5.41) is 9.13. The van der Waals surface area contributed by atoms with Crippen LogP contribution in [-0.2, 0) is 23.6 Å². The fraction of sp³-hybridized carbons (Fsp3) is 0.333. The SMILES string of the molecule is COC(=O)c1cc(-c2ccc(NC(=O)c3cc(NC(=O)CCCOc4cc5c(cc4OC)C(=O)N4CCC[C@H]4CN5)cn3C)cc2)cn1C. The molecule has 6 rings (SSSR count). The number of aromatic nitrogens is 2. The summed E-state index contributed by atoms with van der Waals surface area (Å²) in [5.74, 6) is 0.0109. The summed E-state index contributed by atoms with van der Waals surface area (Å²) >= 11 is 0. The molecule has 13 nitrogen and oxygen atoms in total. The number of methoxy groups -OCH3 is 2. The molecule has 0 unspecified atom stereocenters. The van der Waals surface area contributed by atoms with E-state index in [1.807, 2.05) is 23.2 Å². The third kappa shape index (κ3) is 7.10. The van der Waals surface area contributed by atoms with Crippen LogP contribution in [-0.4, -0.2) is 77.7 Å². The van der Waals surface area contributed by atoms with Gasteiger partial charge in [-0.2, -0.15) is 0 Å². The molecule has 256 valence electrons. The van der Waals surface area contributed by atoms with Gasteiger partial charge in [-0.15, -0.1) is 0 Å². The van der Waals surface area contributed by atoms with E-state index in [1.165, 1.54) is 14.2 Å². The molecule has 0 spiro atoms. The molecular formula is C36H40N6O7. The molecule has 2 aromatic heterocycles. The lowest BCUT2D eigenvalue weighted by Crippen LogP contribution is -2.36. The summed E-state index contributed by atoms with van der Waals surface area (Å²) in [6.07, 6.45) is 6.15. The van der Waals surface area contributed by atoms with Crippen LogP contribution in [0.1, 0.15) is 57.0 Å². The highest BCUT2D eigenvalue weighted by atomic mass is 16.5. The minimum atomic E-state index is -0.416. The molecule has 4 heterocycles. The van der Waals surface area contributed by atoms with Crippen molar-refractivity contribution in [3.63, 3.8) is 0 Å². The Morgan fingerprint density at radius 1 is 0.898 bits per heavy atom. The number of nitrogens with one attached hydrogen (secondary N) is 3. The third-order valence-electron chi connectivity index (χ3n) is 8.90. The van der Waals surface area contributed by atoms with Gasteiger partial charge in [-0.3, -0.25) is 14.4 Å². The van der Waals surface area contributed by atoms with Gasteiger partial charge in [0.15, 0.2) is 11.5 Å². The molecule has 4 aromatic rings. The Hall–Kier alpha value is -5.72. The van der Waals surface area contributed by atoms with Gasteiger partial charge >= 0.3 is 5.97 Å². The molecule has 49 heavy (non-hydrogen) atoms. The smallest absolute Gasteiger partial charge is 0.354 e. The average molecular weight is 669 g/mol. The molecule has 0 bridgehead atoms. The van der Waals surface area contributed by atoms with Gasteiger partial charge in [0.2, 0.25) is 5.91 Å². The van der Waals surface area contributed by atoms with Gasteiger partial charge in [-0.05, 0) is 55.2 Å². The van der Waals surface area contributed by atoms with Gasteiger partial charge in [0.05, 0.1) is 37.8 Å². The van der Waals surface area contributed by atoms with Crippen LogP contribution in [0.25, 0.3) is 11.1 Å². The molecular weight excluding hydrogens is 628 g/mol. The Morgan fingerprint density at radius 2 is 1.67 bits per heavy atom. The number of esters is 1. The van der Waals surface area contributed by atoms with Crippen LogP contribution in [0.5, 0.6) is 11.5 Å². The molecule has 0 saturated carbocycles. The maximum absolute atomic E-state index is 13.1. The largest absolute Gasteiger partial charge is 0.493 e. The molecule has 3 N–H and O–H groups in total. The molecule has 0 aliphatic carbocycles. The highest BCUT2D eigenvalue weighted by molar-refractivity contribution is 6.05. The van der Waals surface area contributed by atoms with Crippen molar-refractivity contribution in [1.82, 2.24) is 14.0 Å². The molecule has 3 amide bonds. The van der Waals surface area contributed by atoms with Crippen LogP contribution >= 0.6 is 0 Å². The summed E-state index contributed by atoms with van der Waals surface area (Å²) in [7, 11) is 6.39. The number of fused-ring (bicyclic) bond motifs is 2. The topological polar surface area (TPSA) is 145 Å². The number of carbonyl (C=O) groups is 4. The van der Waals surface area contributed by atoms with Crippen LogP contribution in [0.2, 0.25) is 0 Å². The van der Waals surface area contributed by atoms with E-state index in [9.17, 15) is 19.2 Å². The van der Waals surface area contributed by atoms with Gasteiger partial charge in [0, 0.05) is 69.4 Å². The molecule has 13 heteroatoms. The molecule has 1 saturated heterocycles. The molecule has 2 aromatic carbocycles. The second-order valence-corrected chi connectivity index (χ2v) is 12.2. The summed E-state index contributed by atoms with van der Waals surface area (Å²) in [6, 6.07) is 14.4. The predicted octanol–water partition coefficient (Wildman–Crippen LogP) is 4.91. The maximum atomic E-state index is 13.1.